The van der Waals surface area contributed by atoms with E-state index < -0.39 is 10.0 Å². The molecule has 2 aromatic heterocycles. The number of furan rings is 1. The van der Waals surface area contributed by atoms with Crippen LogP contribution in [-0.2, 0) is 0 Å². The summed E-state index contributed by atoms with van der Waals surface area (Å²) in [6, 6.07) is 46.9. The van der Waals surface area contributed by atoms with Crippen LogP contribution in [0.15, 0.2) is 142 Å². The first kappa shape index (κ1) is 25.8. The van der Waals surface area contributed by atoms with E-state index in [1.807, 2.05) is 0 Å². The van der Waals surface area contributed by atoms with Crippen LogP contribution >= 0.6 is 10.0 Å². The summed E-state index contributed by atoms with van der Waals surface area (Å²) in [5.74, 6) is 0. The van der Waals surface area contributed by atoms with Gasteiger partial charge in [0.2, 0.25) is 0 Å². The number of anilines is 2. The van der Waals surface area contributed by atoms with Gasteiger partial charge in [-0.15, -0.1) is 0 Å². The third kappa shape index (κ3) is 3.29. The molecule has 0 fully saturated rings. The Morgan fingerprint density at radius 1 is 0.638 bits per heavy atom. The lowest BCUT2D eigenvalue weighted by Gasteiger charge is -2.41. The van der Waals surface area contributed by atoms with Crippen LogP contribution < -0.4 is 16.2 Å². The molecule has 3 nitrogen and oxygen atoms in total. The third-order valence-corrected chi connectivity index (χ3v) is 13.5. The van der Waals surface area contributed by atoms with Gasteiger partial charge in [0.15, 0.2) is 12.9 Å². The van der Waals surface area contributed by atoms with Gasteiger partial charge in [0.05, 0.1) is 22.6 Å². The Balaban J connectivity index is 1.31. The van der Waals surface area contributed by atoms with E-state index in [2.05, 4.69) is 150 Å². The topological polar surface area (TPSA) is 30.1 Å². The number of para-hydroxylation sites is 4. The molecule has 9 aromatic rings. The van der Waals surface area contributed by atoms with Crippen molar-refractivity contribution in [2.45, 2.75) is 9.79 Å². The molecule has 47 heavy (non-hydrogen) atoms. The van der Waals surface area contributed by atoms with Crippen LogP contribution in [-0.4, -0.2) is 24.4 Å². The molecule has 11 rings (SSSR count). The number of rotatable bonds is 1. The molecule has 0 amide bonds. The van der Waals surface area contributed by atoms with Crippen LogP contribution in [0.2, 0.25) is 0 Å². The highest BCUT2D eigenvalue weighted by Crippen LogP contribution is 2.65. The number of hydrogen-bond donors (Lipinski definition) is 1. The Morgan fingerprint density at radius 3 is 2.30 bits per heavy atom. The maximum absolute atomic E-state index is 6.85. The fourth-order valence-electron chi connectivity index (χ4n) is 8.50. The number of fused-ring (bicyclic) bond motifs is 12. The molecular formula is C42H29BN2OS. The minimum atomic E-state index is -1.23. The van der Waals surface area contributed by atoms with Crippen molar-refractivity contribution >= 4 is 94.1 Å². The molecular weight excluding hydrogens is 591 g/mol. The van der Waals surface area contributed by atoms with Crippen molar-refractivity contribution in [2.24, 2.45) is 0 Å². The van der Waals surface area contributed by atoms with Gasteiger partial charge in [-0.2, -0.15) is 10.0 Å². The molecule has 4 heterocycles. The number of aromatic nitrogens is 1. The first-order valence-electron chi connectivity index (χ1n) is 16.2. The minimum Gasteiger partial charge on any atom is -0.454 e. The van der Waals surface area contributed by atoms with Crippen molar-refractivity contribution in [3.8, 4) is 16.8 Å². The van der Waals surface area contributed by atoms with Crippen molar-refractivity contribution in [3.63, 3.8) is 0 Å². The molecule has 222 valence electrons. The van der Waals surface area contributed by atoms with Gasteiger partial charge in [0.1, 0.15) is 5.58 Å². The van der Waals surface area contributed by atoms with E-state index >= 15 is 0 Å². The van der Waals surface area contributed by atoms with Gasteiger partial charge >= 0.3 is 0 Å². The Kier molecular flexibility index (Phi) is 4.88. The maximum atomic E-state index is 6.85. The van der Waals surface area contributed by atoms with Crippen LogP contribution in [0.3, 0.4) is 0 Å². The van der Waals surface area contributed by atoms with Gasteiger partial charge in [-0.1, -0.05) is 90.4 Å². The summed E-state index contributed by atoms with van der Waals surface area (Å²) >= 11 is 0. The zero-order valence-electron chi connectivity index (χ0n) is 26.1. The smallest absolute Gasteiger partial charge is 0.198 e. The molecule has 7 aromatic carbocycles. The standard InChI is InChI=1S/C42H29BN2OS/c1-47(2)36-19-8-6-17-33(36)44-39-27(14-10-20-37(39)47)30-23-31-26-13-5-7-18-35(26)46-42(31)41-38(30)43-32-16-9-15-28-29-21-24-11-3-4-12-25(24)22-34(29)45(41)40(28)32/h3-23,43-44H,1-2H3. The monoisotopic (exact) mass is 620 g/mol. The van der Waals surface area contributed by atoms with Gasteiger partial charge in [-0.25, -0.2) is 0 Å². The van der Waals surface area contributed by atoms with Crippen molar-refractivity contribution in [1.82, 2.24) is 4.57 Å². The van der Waals surface area contributed by atoms with Gasteiger partial charge in [0.25, 0.3) is 0 Å². The number of nitrogens with zero attached hydrogens (tertiary/aromatic N) is 1. The summed E-state index contributed by atoms with van der Waals surface area (Å²) in [7, 11) is -0.393. The Hall–Kier alpha value is -5.39. The van der Waals surface area contributed by atoms with Gasteiger partial charge in [-0.3, -0.25) is 0 Å². The number of nitrogens with one attached hydrogen (secondary N) is 1. The second-order valence-corrected chi connectivity index (χ2v) is 16.9. The molecule has 0 aliphatic carbocycles. The van der Waals surface area contributed by atoms with Crippen molar-refractivity contribution in [1.29, 1.82) is 0 Å². The SMILES string of the molecule is CS1(C)c2ccccc2Nc2c(-c3cc4c(oc5ccccc54)c4c3Bc3cccc5c6cc7ccccc7cc6n-4c35)cccc21. The van der Waals surface area contributed by atoms with E-state index in [1.54, 1.807) is 0 Å². The molecule has 0 spiro atoms. The summed E-state index contributed by atoms with van der Waals surface area (Å²) < 4.78 is 9.37. The summed E-state index contributed by atoms with van der Waals surface area (Å²) in [6.45, 7) is 0. The number of benzene rings is 7. The van der Waals surface area contributed by atoms with E-state index in [4.69, 9.17) is 4.42 Å². The summed E-state index contributed by atoms with van der Waals surface area (Å²) in [4.78, 5) is 2.81. The van der Waals surface area contributed by atoms with E-state index in [9.17, 15) is 0 Å². The van der Waals surface area contributed by atoms with Gasteiger partial charge in [-0.05, 0) is 76.8 Å². The Morgan fingerprint density at radius 2 is 1.38 bits per heavy atom. The highest BCUT2D eigenvalue weighted by molar-refractivity contribution is 8.33. The zero-order chi connectivity index (χ0) is 31.0. The number of hydrogen-bond acceptors (Lipinski definition) is 2. The molecule has 0 atom stereocenters. The molecule has 2 aliphatic rings. The average molecular weight is 621 g/mol. The molecule has 5 heteroatoms. The van der Waals surface area contributed by atoms with Crippen LogP contribution in [0.5, 0.6) is 0 Å². The molecule has 0 bridgehead atoms. The predicted octanol–water partition coefficient (Wildman–Crippen LogP) is 9.74. The molecule has 0 saturated carbocycles. The molecule has 2 aliphatic heterocycles. The van der Waals surface area contributed by atoms with Gasteiger partial charge in [0, 0.05) is 42.4 Å². The lowest BCUT2D eigenvalue weighted by molar-refractivity contribution is 0.667. The summed E-state index contributed by atoms with van der Waals surface area (Å²) in [5.41, 5.74) is 13.2. The zero-order valence-corrected chi connectivity index (χ0v) is 26.9. The van der Waals surface area contributed by atoms with Crippen molar-refractivity contribution in [2.75, 3.05) is 17.8 Å². The first-order valence-corrected chi connectivity index (χ1v) is 18.7. The van der Waals surface area contributed by atoms with Gasteiger partial charge < -0.3 is 14.3 Å². The predicted molar refractivity (Wildman–Crippen MR) is 203 cm³/mol. The second-order valence-electron chi connectivity index (χ2n) is 13.4. The second kappa shape index (κ2) is 8.90. The minimum absolute atomic E-state index is 0.835. The van der Waals surface area contributed by atoms with E-state index in [-0.39, 0.29) is 0 Å². The fraction of sp³-hybridized carbons (Fsp3) is 0.0476. The average Bonchev–Trinajstić information content (AvgIpc) is 3.63. The molecule has 0 saturated heterocycles. The molecule has 0 radical (unpaired) electrons. The normalized spacial score (nSPS) is 14.9. The largest absolute Gasteiger partial charge is 0.454 e. The highest BCUT2D eigenvalue weighted by Gasteiger charge is 2.33. The summed E-state index contributed by atoms with van der Waals surface area (Å²) in [6.07, 6.45) is 4.86. The van der Waals surface area contributed by atoms with Crippen molar-refractivity contribution in [3.05, 3.63) is 127 Å². The first-order chi connectivity index (χ1) is 23.1. The maximum Gasteiger partial charge on any atom is 0.198 e. The lowest BCUT2D eigenvalue weighted by Crippen LogP contribution is -2.37. The summed E-state index contributed by atoms with van der Waals surface area (Å²) in [5, 5.41) is 11.3. The van der Waals surface area contributed by atoms with E-state index in [0.29, 0.717) is 0 Å². The van der Waals surface area contributed by atoms with Crippen LogP contribution in [0.1, 0.15) is 0 Å². The van der Waals surface area contributed by atoms with Crippen LogP contribution in [0.25, 0.3) is 71.3 Å². The molecule has 0 unspecified atom stereocenters. The quantitative estimate of drug-likeness (QED) is 0.185. The third-order valence-electron chi connectivity index (χ3n) is 10.6. The Bertz CT molecular complexity index is 2840. The lowest BCUT2D eigenvalue weighted by atomic mass is 9.59. The van der Waals surface area contributed by atoms with Crippen molar-refractivity contribution < 1.29 is 4.42 Å². The fourth-order valence-corrected chi connectivity index (χ4v) is 10.9. The highest BCUT2D eigenvalue weighted by atomic mass is 32.3. The molecule has 1 N–H and O–H groups in total. The van der Waals surface area contributed by atoms with E-state index in [0.717, 1.165) is 29.2 Å². The van der Waals surface area contributed by atoms with Crippen LogP contribution in [0.4, 0.5) is 11.4 Å². The van der Waals surface area contributed by atoms with E-state index in [1.165, 1.54) is 81.5 Å². The Labute approximate surface area is 274 Å². The van der Waals surface area contributed by atoms with Crippen LogP contribution in [0, 0.1) is 0 Å².